The van der Waals surface area contributed by atoms with Crippen LogP contribution in [0, 0.1) is 0 Å². The van der Waals surface area contributed by atoms with Crippen LogP contribution in [-0.4, -0.2) is 50.0 Å². The Labute approximate surface area is 191 Å². The van der Waals surface area contributed by atoms with Gasteiger partial charge in [0.2, 0.25) is 5.91 Å². The molecule has 6 nitrogen and oxygen atoms in total. The standard InChI is InChI=1S/C22H31N5O.HI/c1-4-27(5-2)20(18-12-8-6-9-13-18)16-24-22(23-3)25-17-21(28)26-19-14-10-7-11-15-19;/h6-15,20H,4-5,16-17H2,1-3H3,(H,26,28)(H2,23,24,25);1H. The minimum atomic E-state index is -0.113. The Bertz CT molecular complexity index is 735. The Morgan fingerprint density at radius 1 is 0.966 bits per heavy atom. The smallest absolute Gasteiger partial charge is 0.243 e. The van der Waals surface area contributed by atoms with Crippen molar-refractivity contribution in [2.45, 2.75) is 19.9 Å². The van der Waals surface area contributed by atoms with E-state index in [4.69, 9.17) is 0 Å². The van der Waals surface area contributed by atoms with E-state index in [2.05, 4.69) is 64.0 Å². The molecule has 0 aliphatic heterocycles. The van der Waals surface area contributed by atoms with Gasteiger partial charge < -0.3 is 16.0 Å². The van der Waals surface area contributed by atoms with Crippen LogP contribution in [0.5, 0.6) is 0 Å². The van der Waals surface area contributed by atoms with E-state index in [0.717, 1.165) is 18.8 Å². The van der Waals surface area contributed by atoms with Crippen molar-refractivity contribution in [3.05, 3.63) is 66.2 Å². The molecule has 0 saturated carbocycles. The molecule has 2 rings (SSSR count). The number of nitrogens with zero attached hydrogens (tertiary/aromatic N) is 2. The number of aliphatic imine (C=N–C) groups is 1. The molecule has 0 fully saturated rings. The molecule has 0 aliphatic carbocycles. The van der Waals surface area contributed by atoms with Gasteiger partial charge >= 0.3 is 0 Å². The van der Waals surface area contributed by atoms with Crippen LogP contribution in [-0.2, 0) is 4.79 Å². The van der Waals surface area contributed by atoms with Gasteiger partial charge in [-0.3, -0.25) is 14.7 Å². The summed E-state index contributed by atoms with van der Waals surface area (Å²) in [6, 6.07) is 20.1. The van der Waals surface area contributed by atoms with Crippen molar-refractivity contribution in [1.82, 2.24) is 15.5 Å². The lowest BCUT2D eigenvalue weighted by molar-refractivity contribution is -0.115. The Morgan fingerprint density at radius 2 is 1.55 bits per heavy atom. The van der Waals surface area contributed by atoms with Gasteiger partial charge in [-0.1, -0.05) is 62.4 Å². The van der Waals surface area contributed by atoms with Crippen LogP contribution in [0.1, 0.15) is 25.5 Å². The average molecular weight is 509 g/mol. The molecule has 1 unspecified atom stereocenters. The molecule has 0 heterocycles. The molecule has 0 aromatic heterocycles. The first-order valence-corrected chi connectivity index (χ1v) is 9.76. The molecule has 0 bridgehead atoms. The van der Waals surface area contributed by atoms with E-state index in [-0.39, 0.29) is 42.5 Å². The lowest BCUT2D eigenvalue weighted by Gasteiger charge is -2.30. The molecule has 2 aromatic rings. The molecule has 1 atom stereocenters. The first-order valence-electron chi connectivity index (χ1n) is 9.76. The van der Waals surface area contributed by atoms with Gasteiger partial charge in [-0.05, 0) is 30.8 Å². The second-order valence-corrected chi connectivity index (χ2v) is 6.37. The van der Waals surface area contributed by atoms with Crippen molar-refractivity contribution in [1.29, 1.82) is 0 Å². The fourth-order valence-corrected chi connectivity index (χ4v) is 3.10. The Kier molecular flexibility index (Phi) is 12.0. The Morgan fingerprint density at radius 3 is 2.10 bits per heavy atom. The van der Waals surface area contributed by atoms with Crippen molar-refractivity contribution in [2.75, 3.05) is 38.5 Å². The number of amides is 1. The number of rotatable bonds is 9. The van der Waals surface area contributed by atoms with E-state index in [0.29, 0.717) is 12.5 Å². The van der Waals surface area contributed by atoms with E-state index in [1.54, 1.807) is 7.05 Å². The molecular weight excluding hydrogens is 477 g/mol. The van der Waals surface area contributed by atoms with Crippen LogP contribution >= 0.6 is 24.0 Å². The van der Waals surface area contributed by atoms with Gasteiger partial charge in [0.05, 0.1) is 12.6 Å². The van der Waals surface area contributed by atoms with Crippen LogP contribution in [0.3, 0.4) is 0 Å². The highest BCUT2D eigenvalue weighted by Gasteiger charge is 2.18. The highest BCUT2D eigenvalue weighted by Crippen LogP contribution is 2.19. The van der Waals surface area contributed by atoms with E-state index >= 15 is 0 Å². The molecule has 0 aliphatic rings. The SMILES string of the molecule is CCN(CC)C(CNC(=NC)NCC(=O)Nc1ccccc1)c1ccccc1.I. The summed E-state index contributed by atoms with van der Waals surface area (Å²) in [5.74, 6) is 0.494. The molecule has 29 heavy (non-hydrogen) atoms. The number of benzene rings is 2. The molecule has 2 aromatic carbocycles. The summed E-state index contributed by atoms with van der Waals surface area (Å²) in [4.78, 5) is 18.8. The monoisotopic (exact) mass is 509 g/mol. The fourth-order valence-electron chi connectivity index (χ4n) is 3.10. The predicted molar refractivity (Wildman–Crippen MR) is 132 cm³/mol. The maximum atomic E-state index is 12.1. The van der Waals surface area contributed by atoms with Gasteiger partial charge in [0.25, 0.3) is 0 Å². The number of halogens is 1. The van der Waals surface area contributed by atoms with Gasteiger partial charge in [-0.25, -0.2) is 0 Å². The van der Waals surface area contributed by atoms with Crippen LogP contribution < -0.4 is 16.0 Å². The van der Waals surface area contributed by atoms with Crippen molar-refractivity contribution in [3.63, 3.8) is 0 Å². The highest BCUT2D eigenvalue weighted by atomic mass is 127. The molecule has 158 valence electrons. The maximum absolute atomic E-state index is 12.1. The summed E-state index contributed by atoms with van der Waals surface area (Å²) in [7, 11) is 1.71. The zero-order chi connectivity index (χ0) is 20.2. The van der Waals surface area contributed by atoms with Crippen LogP contribution in [0.2, 0.25) is 0 Å². The summed E-state index contributed by atoms with van der Waals surface area (Å²) in [5.41, 5.74) is 2.04. The summed E-state index contributed by atoms with van der Waals surface area (Å²) < 4.78 is 0. The molecule has 0 spiro atoms. The van der Waals surface area contributed by atoms with Crippen LogP contribution in [0.4, 0.5) is 5.69 Å². The summed E-state index contributed by atoms with van der Waals surface area (Å²) >= 11 is 0. The minimum Gasteiger partial charge on any atom is -0.354 e. The zero-order valence-electron chi connectivity index (χ0n) is 17.4. The number of nitrogens with one attached hydrogen (secondary N) is 3. The number of hydrogen-bond acceptors (Lipinski definition) is 3. The molecule has 3 N–H and O–H groups in total. The van der Waals surface area contributed by atoms with Gasteiger partial charge in [-0.2, -0.15) is 0 Å². The lowest BCUT2D eigenvalue weighted by Crippen LogP contribution is -2.45. The largest absolute Gasteiger partial charge is 0.354 e. The van der Waals surface area contributed by atoms with E-state index < -0.39 is 0 Å². The van der Waals surface area contributed by atoms with Crippen molar-refractivity contribution >= 4 is 41.5 Å². The van der Waals surface area contributed by atoms with Crippen molar-refractivity contribution in [2.24, 2.45) is 4.99 Å². The topological polar surface area (TPSA) is 68.8 Å². The number of carbonyl (C=O) groups is 1. The van der Waals surface area contributed by atoms with Crippen molar-refractivity contribution in [3.8, 4) is 0 Å². The third-order valence-electron chi connectivity index (χ3n) is 4.60. The maximum Gasteiger partial charge on any atom is 0.243 e. The quantitative estimate of drug-likeness (QED) is 0.275. The average Bonchev–Trinajstić information content (AvgIpc) is 2.74. The summed E-state index contributed by atoms with van der Waals surface area (Å²) in [5, 5.41) is 9.29. The third kappa shape index (κ3) is 8.41. The zero-order valence-corrected chi connectivity index (χ0v) is 19.7. The van der Waals surface area contributed by atoms with Crippen molar-refractivity contribution < 1.29 is 4.79 Å². The van der Waals surface area contributed by atoms with E-state index in [9.17, 15) is 4.79 Å². The molecule has 7 heteroatoms. The number of hydrogen-bond donors (Lipinski definition) is 3. The summed E-state index contributed by atoms with van der Waals surface area (Å²) in [6.07, 6.45) is 0. The second kappa shape index (κ2) is 13.9. The minimum absolute atomic E-state index is 0. The number of carbonyl (C=O) groups excluding carboxylic acids is 1. The number of guanidine groups is 1. The number of para-hydroxylation sites is 1. The molecule has 0 saturated heterocycles. The molecule has 1 amide bonds. The fraction of sp³-hybridized carbons (Fsp3) is 0.364. The number of anilines is 1. The van der Waals surface area contributed by atoms with Gasteiger partial charge in [0.1, 0.15) is 0 Å². The molecular formula is C22H32IN5O. The second-order valence-electron chi connectivity index (χ2n) is 6.37. The first kappa shape index (κ1) is 24.9. The van der Waals surface area contributed by atoms with E-state index in [1.807, 2.05) is 36.4 Å². The Balaban J connectivity index is 0.00000420. The van der Waals surface area contributed by atoms with Crippen LogP contribution in [0.25, 0.3) is 0 Å². The summed E-state index contributed by atoms with van der Waals surface area (Å²) in [6.45, 7) is 7.11. The first-order chi connectivity index (χ1) is 13.7. The highest BCUT2D eigenvalue weighted by molar-refractivity contribution is 14.0. The van der Waals surface area contributed by atoms with Crippen LogP contribution in [0.15, 0.2) is 65.7 Å². The Hall–Kier alpha value is -2.13. The predicted octanol–water partition coefficient (Wildman–Crippen LogP) is 3.49. The van der Waals surface area contributed by atoms with Gasteiger partial charge in [0, 0.05) is 19.3 Å². The lowest BCUT2D eigenvalue weighted by atomic mass is 10.1. The normalized spacial score (nSPS) is 12.1. The van der Waals surface area contributed by atoms with Gasteiger partial charge in [0.15, 0.2) is 5.96 Å². The molecule has 0 radical (unpaired) electrons. The van der Waals surface area contributed by atoms with E-state index in [1.165, 1.54) is 5.56 Å². The van der Waals surface area contributed by atoms with Gasteiger partial charge in [-0.15, -0.1) is 24.0 Å². The number of likely N-dealkylation sites (N-methyl/N-ethyl adjacent to an activating group) is 1. The third-order valence-corrected chi connectivity index (χ3v) is 4.60.